The van der Waals surface area contributed by atoms with Gasteiger partial charge in [-0.1, -0.05) is 25.7 Å². The van der Waals surface area contributed by atoms with Crippen molar-refractivity contribution in [1.29, 1.82) is 0 Å². The van der Waals surface area contributed by atoms with Gasteiger partial charge in [-0.3, -0.25) is 0 Å². The average Bonchev–Trinajstić information content (AvgIpc) is 2.42. The number of hydrogen-bond donors (Lipinski definition) is 2. The second kappa shape index (κ2) is 6.33. The van der Waals surface area contributed by atoms with Gasteiger partial charge in [0.05, 0.1) is 6.10 Å². The number of hydrogen-bond acceptors (Lipinski definition) is 2. The zero-order valence-electron chi connectivity index (χ0n) is 8.14. The summed E-state index contributed by atoms with van der Waals surface area (Å²) in [6.45, 7) is -0.235. The lowest BCUT2D eigenvalue weighted by molar-refractivity contribution is 0.133. The lowest BCUT2D eigenvalue weighted by atomic mass is 10.1. The van der Waals surface area contributed by atoms with Crippen molar-refractivity contribution in [2.24, 2.45) is 0 Å². The maximum Gasteiger partial charge on any atom is 0.117 e. The molecule has 1 aliphatic rings. The van der Waals surface area contributed by atoms with Gasteiger partial charge in [0.25, 0.3) is 0 Å². The summed E-state index contributed by atoms with van der Waals surface area (Å²) in [5.41, 5.74) is 0. The first-order valence-corrected chi connectivity index (χ1v) is 5.30. The molecule has 1 unspecified atom stereocenters. The van der Waals surface area contributed by atoms with Crippen LogP contribution in [0.5, 0.6) is 0 Å². The first-order chi connectivity index (χ1) is 6.33. The number of alkyl halides is 1. The van der Waals surface area contributed by atoms with Gasteiger partial charge in [0, 0.05) is 12.6 Å². The zero-order valence-corrected chi connectivity index (χ0v) is 8.14. The highest BCUT2D eigenvalue weighted by Crippen LogP contribution is 2.16. The van der Waals surface area contributed by atoms with Crippen LogP contribution in [0, 0.1) is 0 Å². The van der Waals surface area contributed by atoms with Crippen molar-refractivity contribution in [2.75, 3.05) is 13.2 Å². The molecule has 3 heteroatoms. The number of nitrogens with one attached hydrogen (secondary N) is 1. The predicted octanol–water partition coefficient (Wildman–Crippen LogP) is 1.63. The Balaban J connectivity index is 2.11. The van der Waals surface area contributed by atoms with Crippen LogP contribution in [-0.2, 0) is 0 Å². The second-order valence-electron chi connectivity index (χ2n) is 3.90. The standard InChI is InChI=1S/C10H20FNO/c11-7-10(13)8-12-9-5-3-1-2-4-6-9/h9-10,12-13H,1-8H2. The summed E-state index contributed by atoms with van der Waals surface area (Å²) in [4.78, 5) is 0. The molecule has 1 fully saturated rings. The lowest BCUT2D eigenvalue weighted by Gasteiger charge is -2.17. The molecule has 0 aromatic carbocycles. The molecule has 0 aromatic heterocycles. The summed E-state index contributed by atoms with van der Waals surface area (Å²) in [5, 5.41) is 12.2. The van der Waals surface area contributed by atoms with Crippen molar-refractivity contribution in [3.8, 4) is 0 Å². The largest absolute Gasteiger partial charge is 0.389 e. The Kier molecular flexibility index (Phi) is 5.32. The summed E-state index contributed by atoms with van der Waals surface area (Å²) in [6, 6.07) is 0.503. The van der Waals surface area contributed by atoms with Crippen LogP contribution >= 0.6 is 0 Å². The fraction of sp³-hybridized carbons (Fsp3) is 1.00. The van der Waals surface area contributed by atoms with Crippen LogP contribution < -0.4 is 5.32 Å². The van der Waals surface area contributed by atoms with Gasteiger partial charge in [0.15, 0.2) is 0 Å². The molecule has 2 nitrogen and oxygen atoms in total. The van der Waals surface area contributed by atoms with Crippen molar-refractivity contribution in [3.05, 3.63) is 0 Å². The predicted molar refractivity (Wildman–Crippen MR) is 51.5 cm³/mol. The summed E-state index contributed by atoms with van der Waals surface area (Å²) >= 11 is 0. The first-order valence-electron chi connectivity index (χ1n) is 5.30. The quantitative estimate of drug-likeness (QED) is 0.659. The van der Waals surface area contributed by atoms with Crippen molar-refractivity contribution in [1.82, 2.24) is 5.32 Å². The third-order valence-electron chi connectivity index (χ3n) is 2.68. The Morgan fingerprint density at radius 2 is 1.85 bits per heavy atom. The normalized spacial score (nSPS) is 22.6. The smallest absolute Gasteiger partial charge is 0.117 e. The van der Waals surface area contributed by atoms with E-state index in [-0.39, 0.29) is 0 Å². The molecule has 1 atom stereocenters. The molecule has 1 aliphatic carbocycles. The minimum Gasteiger partial charge on any atom is -0.389 e. The molecular formula is C10H20FNO. The van der Waals surface area contributed by atoms with Crippen LogP contribution in [0.25, 0.3) is 0 Å². The average molecular weight is 189 g/mol. The highest BCUT2D eigenvalue weighted by Gasteiger charge is 2.12. The van der Waals surface area contributed by atoms with Gasteiger partial charge < -0.3 is 10.4 Å². The molecule has 78 valence electrons. The van der Waals surface area contributed by atoms with Gasteiger partial charge in [-0.05, 0) is 12.8 Å². The van der Waals surface area contributed by atoms with E-state index in [2.05, 4.69) is 5.32 Å². The van der Waals surface area contributed by atoms with Crippen LogP contribution in [0.2, 0.25) is 0 Å². The van der Waals surface area contributed by atoms with Crippen molar-refractivity contribution >= 4 is 0 Å². The Hall–Kier alpha value is -0.150. The first kappa shape index (κ1) is 10.9. The van der Waals surface area contributed by atoms with Crippen LogP contribution in [0.15, 0.2) is 0 Å². The molecule has 0 aliphatic heterocycles. The molecule has 0 heterocycles. The van der Waals surface area contributed by atoms with E-state index in [0.717, 1.165) is 0 Å². The minimum absolute atomic E-state index is 0.404. The maximum atomic E-state index is 11.9. The zero-order chi connectivity index (χ0) is 9.52. The fourth-order valence-corrected chi connectivity index (χ4v) is 1.84. The Labute approximate surface area is 79.5 Å². The molecule has 0 spiro atoms. The van der Waals surface area contributed by atoms with Gasteiger partial charge in [-0.2, -0.15) is 0 Å². The molecule has 1 saturated carbocycles. The number of rotatable bonds is 4. The van der Waals surface area contributed by atoms with Crippen molar-refractivity contribution in [2.45, 2.75) is 50.7 Å². The van der Waals surface area contributed by atoms with Crippen LogP contribution in [-0.4, -0.2) is 30.5 Å². The third kappa shape index (κ3) is 4.58. The van der Waals surface area contributed by atoms with E-state index in [1.54, 1.807) is 0 Å². The number of aliphatic hydroxyl groups is 1. The van der Waals surface area contributed by atoms with E-state index in [1.807, 2.05) is 0 Å². The number of aliphatic hydroxyl groups excluding tert-OH is 1. The topological polar surface area (TPSA) is 32.3 Å². The van der Waals surface area contributed by atoms with Crippen LogP contribution in [0.3, 0.4) is 0 Å². The summed E-state index contributed by atoms with van der Waals surface area (Å²) in [6.07, 6.45) is 6.72. The molecule has 0 bridgehead atoms. The molecular weight excluding hydrogens is 169 g/mol. The van der Waals surface area contributed by atoms with Crippen molar-refractivity contribution < 1.29 is 9.50 Å². The Bertz CT molecular complexity index is 124. The monoisotopic (exact) mass is 189 g/mol. The van der Waals surface area contributed by atoms with E-state index in [1.165, 1.54) is 38.5 Å². The summed E-state index contributed by atoms with van der Waals surface area (Å²) < 4.78 is 11.9. The molecule has 0 amide bonds. The van der Waals surface area contributed by atoms with E-state index in [9.17, 15) is 4.39 Å². The van der Waals surface area contributed by atoms with Gasteiger partial charge >= 0.3 is 0 Å². The highest BCUT2D eigenvalue weighted by molar-refractivity contribution is 4.72. The molecule has 0 radical (unpaired) electrons. The Morgan fingerprint density at radius 3 is 2.38 bits per heavy atom. The van der Waals surface area contributed by atoms with Gasteiger partial charge in [-0.25, -0.2) is 4.39 Å². The molecule has 0 aromatic rings. The van der Waals surface area contributed by atoms with Gasteiger partial charge in [0.1, 0.15) is 6.67 Å². The maximum absolute atomic E-state index is 11.9. The summed E-state index contributed by atoms with van der Waals surface area (Å²) in [7, 11) is 0. The molecule has 2 N–H and O–H groups in total. The molecule has 0 saturated heterocycles. The fourth-order valence-electron chi connectivity index (χ4n) is 1.84. The highest BCUT2D eigenvalue weighted by atomic mass is 19.1. The number of halogens is 1. The SMILES string of the molecule is OC(CF)CNC1CCCCCC1. The molecule has 13 heavy (non-hydrogen) atoms. The minimum atomic E-state index is -0.816. The van der Waals surface area contributed by atoms with Gasteiger partial charge in [0.2, 0.25) is 0 Å². The second-order valence-corrected chi connectivity index (χ2v) is 3.90. The van der Waals surface area contributed by atoms with E-state index >= 15 is 0 Å². The van der Waals surface area contributed by atoms with E-state index < -0.39 is 12.8 Å². The van der Waals surface area contributed by atoms with E-state index in [0.29, 0.717) is 12.6 Å². The van der Waals surface area contributed by atoms with Crippen molar-refractivity contribution in [3.63, 3.8) is 0 Å². The van der Waals surface area contributed by atoms with Gasteiger partial charge in [-0.15, -0.1) is 0 Å². The van der Waals surface area contributed by atoms with Crippen LogP contribution in [0.4, 0.5) is 4.39 Å². The van der Waals surface area contributed by atoms with E-state index in [4.69, 9.17) is 5.11 Å². The van der Waals surface area contributed by atoms with Crippen LogP contribution in [0.1, 0.15) is 38.5 Å². The summed E-state index contributed by atoms with van der Waals surface area (Å²) in [5.74, 6) is 0. The third-order valence-corrected chi connectivity index (χ3v) is 2.68. The molecule has 1 rings (SSSR count). The Morgan fingerprint density at radius 1 is 1.23 bits per heavy atom. The lowest BCUT2D eigenvalue weighted by Crippen LogP contribution is -2.36.